The van der Waals surface area contributed by atoms with E-state index in [9.17, 15) is 9.59 Å². The van der Waals surface area contributed by atoms with Crippen molar-refractivity contribution < 1.29 is 14.1 Å². The average Bonchev–Trinajstić information content (AvgIpc) is 2.86. The van der Waals surface area contributed by atoms with Gasteiger partial charge in [0.05, 0.1) is 7.11 Å². The van der Waals surface area contributed by atoms with Gasteiger partial charge in [-0.2, -0.15) is 0 Å². The Morgan fingerprint density at radius 2 is 2.15 bits per heavy atom. The van der Waals surface area contributed by atoms with Crippen LogP contribution in [0.3, 0.4) is 0 Å². The van der Waals surface area contributed by atoms with Crippen molar-refractivity contribution in [1.82, 2.24) is 10.1 Å². The molecular weight excluding hydrogens is 264 g/mol. The highest BCUT2D eigenvalue weighted by Crippen LogP contribution is 2.13. The molecule has 0 fully saturated rings. The number of H-pyrrole nitrogens is 1. The number of urea groups is 1. The Hall–Kier alpha value is -2.77. The second kappa shape index (κ2) is 5.91. The molecule has 0 atom stereocenters. The van der Waals surface area contributed by atoms with Crippen LogP contribution in [0.1, 0.15) is 5.56 Å². The van der Waals surface area contributed by atoms with E-state index in [2.05, 4.69) is 14.7 Å². The van der Waals surface area contributed by atoms with E-state index < -0.39 is 11.8 Å². The number of nitrogens with one attached hydrogen (secondary N) is 1. The van der Waals surface area contributed by atoms with Crippen LogP contribution in [0.5, 0.6) is 5.75 Å². The van der Waals surface area contributed by atoms with E-state index in [0.29, 0.717) is 6.42 Å². The molecule has 0 aliphatic heterocycles. The zero-order chi connectivity index (χ0) is 14.5. The number of aromatic amines is 1. The van der Waals surface area contributed by atoms with Gasteiger partial charge in [0.1, 0.15) is 5.75 Å². The number of hydrogen-bond acceptors (Lipinski definition) is 5. The molecule has 2 amide bonds. The Bertz CT molecular complexity index is 631. The molecular formula is C12H14N4O4. The highest BCUT2D eigenvalue weighted by molar-refractivity contribution is 5.88. The summed E-state index contributed by atoms with van der Waals surface area (Å²) < 4.78 is 9.41. The predicted octanol–water partition coefficient (Wildman–Crippen LogP) is 0.499. The molecule has 0 aliphatic rings. The zero-order valence-corrected chi connectivity index (χ0v) is 10.8. The van der Waals surface area contributed by atoms with E-state index >= 15 is 0 Å². The van der Waals surface area contributed by atoms with Crippen molar-refractivity contribution in [3.05, 3.63) is 40.4 Å². The van der Waals surface area contributed by atoms with Crippen LogP contribution in [0, 0.1) is 0 Å². The van der Waals surface area contributed by atoms with Crippen LogP contribution >= 0.6 is 0 Å². The van der Waals surface area contributed by atoms with Crippen molar-refractivity contribution in [3.63, 3.8) is 0 Å². The van der Waals surface area contributed by atoms with Crippen LogP contribution in [0.4, 0.5) is 10.7 Å². The number of rotatable bonds is 5. The summed E-state index contributed by atoms with van der Waals surface area (Å²) in [4.78, 5) is 25.7. The molecule has 8 heteroatoms. The maximum Gasteiger partial charge on any atom is 0.440 e. The maximum atomic E-state index is 11.4. The van der Waals surface area contributed by atoms with Crippen molar-refractivity contribution in [2.75, 3.05) is 18.6 Å². The molecule has 1 aromatic heterocycles. The fourth-order valence-corrected chi connectivity index (χ4v) is 1.69. The summed E-state index contributed by atoms with van der Waals surface area (Å²) in [5.41, 5.74) is 6.24. The van der Waals surface area contributed by atoms with Gasteiger partial charge in [0.15, 0.2) is 0 Å². The van der Waals surface area contributed by atoms with E-state index in [1.807, 2.05) is 24.3 Å². The average molecular weight is 278 g/mol. The van der Waals surface area contributed by atoms with Crippen molar-refractivity contribution in [3.8, 4) is 5.75 Å². The molecule has 2 rings (SSSR count). The number of nitrogens with zero attached hydrogens (tertiary/aromatic N) is 2. The van der Waals surface area contributed by atoms with Crippen LogP contribution < -0.4 is 21.1 Å². The number of ether oxygens (including phenoxy) is 1. The van der Waals surface area contributed by atoms with Gasteiger partial charge in [-0.3, -0.25) is 14.4 Å². The number of amides is 2. The number of aromatic nitrogens is 2. The number of anilines is 1. The summed E-state index contributed by atoms with van der Waals surface area (Å²) >= 11 is 0. The normalized spacial score (nSPS) is 10.2. The minimum absolute atomic E-state index is 0.00369. The number of hydrogen-bond donors (Lipinski definition) is 2. The van der Waals surface area contributed by atoms with Gasteiger partial charge in [0.25, 0.3) is 5.95 Å². The number of carbonyl (C=O) groups excluding carboxylic acids is 1. The second-order valence-electron chi connectivity index (χ2n) is 4.01. The lowest BCUT2D eigenvalue weighted by atomic mass is 10.1. The molecule has 0 saturated carbocycles. The number of carbonyl (C=O) groups is 1. The Labute approximate surface area is 114 Å². The lowest BCUT2D eigenvalue weighted by Gasteiger charge is -2.15. The highest BCUT2D eigenvalue weighted by atomic mass is 16.5. The van der Waals surface area contributed by atoms with Gasteiger partial charge in [-0.1, -0.05) is 12.1 Å². The molecule has 0 aliphatic carbocycles. The van der Waals surface area contributed by atoms with Crippen molar-refractivity contribution >= 4 is 12.0 Å². The molecule has 0 saturated heterocycles. The van der Waals surface area contributed by atoms with Gasteiger partial charge in [-0.15, -0.1) is 0 Å². The summed E-state index contributed by atoms with van der Waals surface area (Å²) in [6, 6.07) is 6.68. The van der Waals surface area contributed by atoms with E-state index in [1.165, 1.54) is 0 Å². The molecule has 3 N–H and O–H groups in total. The molecule has 0 bridgehead atoms. The first-order valence-electron chi connectivity index (χ1n) is 5.86. The molecule has 0 unspecified atom stereocenters. The topological polar surface area (TPSA) is 114 Å². The van der Waals surface area contributed by atoms with Gasteiger partial charge >= 0.3 is 11.8 Å². The molecule has 0 radical (unpaired) electrons. The van der Waals surface area contributed by atoms with Crippen LogP contribution in [-0.4, -0.2) is 29.8 Å². The minimum Gasteiger partial charge on any atom is -0.497 e. The van der Waals surface area contributed by atoms with Gasteiger partial charge in [0.2, 0.25) is 0 Å². The molecule has 8 nitrogen and oxygen atoms in total. The summed E-state index contributed by atoms with van der Waals surface area (Å²) in [5, 5.41) is 3.44. The molecule has 2 aromatic rings. The van der Waals surface area contributed by atoms with Crippen LogP contribution in [0.15, 0.2) is 33.6 Å². The summed E-state index contributed by atoms with van der Waals surface area (Å²) in [6.45, 7) is 0.268. The minimum atomic E-state index is -0.740. The largest absolute Gasteiger partial charge is 0.497 e. The monoisotopic (exact) mass is 278 g/mol. The van der Waals surface area contributed by atoms with Gasteiger partial charge in [-0.05, 0) is 29.3 Å². The first kappa shape index (κ1) is 13.7. The molecule has 106 valence electrons. The highest BCUT2D eigenvalue weighted by Gasteiger charge is 2.16. The third-order valence-corrected chi connectivity index (χ3v) is 2.73. The van der Waals surface area contributed by atoms with Crippen molar-refractivity contribution in [1.29, 1.82) is 0 Å². The Morgan fingerprint density at radius 1 is 1.45 bits per heavy atom. The second-order valence-corrected chi connectivity index (χ2v) is 4.01. The van der Waals surface area contributed by atoms with Crippen molar-refractivity contribution in [2.24, 2.45) is 5.73 Å². The van der Waals surface area contributed by atoms with Crippen LogP contribution in [-0.2, 0) is 6.42 Å². The first-order chi connectivity index (χ1) is 9.60. The third-order valence-electron chi connectivity index (χ3n) is 2.73. The SMILES string of the molecule is COc1ccc(CCN(C(N)=O)c2noc(=O)[nH]2)cc1. The van der Waals surface area contributed by atoms with Gasteiger partial charge in [0, 0.05) is 6.54 Å². The Balaban J connectivity index is 2.05. The lowest BCUT2D eigenvalue weighted by molar-refractivity contribution is 0.253. The lowest BCUT2D eigenvalue weighted by Crippen LogP contribution is -2.38. The smallest absolute Gasteiger partial charge is 0.440 e. The quantitative estimate of drug-likeness (QED) is 0.826. The standard InChI is InChI=1S/C12H14N4O4/c1-19-9-4-2-8(3-5-9)6-7-16(10(13)17)11-14-12(18)20-15-11/h2-5H,6-7H2,1H3,(H2,13,17)(H,14,15,18). The summed E-state index contributed by atoms with van der Waals surface area (Å²) in [5.74, 6) is 0.00745. The number of benzene rings is 1. The Kier molecular flexibility index (Phi) is 4.04. The molecule has 0 spiro atoms. The number of methoxy groups -OCH3 is 1. The van der Waals surface area contributed by atoms with Crippen molar-refractivity contribution in [2.45, 2.75) is 6.42 Å². The third kappa shape index (κ3) is 3.16. The predicted molar refractivity (Wildman–Crippen MR) is 70.8 cm³/mol. The maximum absolute atomic E-state index is 11.4. The van der Waals surface area contributed by atoms with E-state index in [1.54, 1.807) is 7.11 Å². The molecule has 20 heavy (non-hydrogen) atoms. The molecule has 1 heterocycles. The van der Waals surface area contributed by atoms with E-state index in [4.69, 9.17) is 10.5 Å². The number of primary amides is 1. The van der Waals surface area contributed by atoms with E-state index in [0.717, 1.165) is 16.2 Å². The zero-order valence-electron chi connectivity index (χ0n) is 10.8. The number of nitrogens with two attached hydrogens (primary N) is 1. The van der Waals surface area contributed by atoms with Gasteiger partial charge < -0.3 is 10.5 Å². The molecule has 1 aromatic carbocycles. The van der Waals surface area contributed by atoms with E-state index in [-0.39, 0.29) is 12.5 Å². The summed E-state index contributed by atoms with van der Waals surface area (Å²) in [7, 11) is 1.59. The fourth-order valence-electron chi connectivity index (χ4n) is 1.69. The van der Waals surface area contributed by atoms with Gasteiger partial charge in [-0.25, -0.2) is 9.59 Å². The Morgan fingerprint density at radius 3 is 2.65 bits per heavy atom. The fraction of sp³-hybridized carbons (Fsp3) is 0.250. The van der Waals surface area contributed by atoms with Crippen LogP contribution in [0.2, 0.25) is 0 Å². The van der Waals surface area contributed by atoms with Crippen LogP contribution in [0.25, 0.3) is 0 Å². The summed E-state index contributed by atoms with van der Waals surface area (Å²) in [6.07, 6.45) is 0.543. The first-order valence-corrected chi connectivity index (χ1v) is 5.86.